The maximum absolute atomic E-state index is 5.86. The monoisotopic (exact) mass is 247 g/mol. The molecular formula is C13H17N3S. The van der Waals surface area contributed by atoms with Crippen molar-refractivity contribution in [3.05, 3.63) is 39.8 Å². The van der Waals surface area contributed by atoms with Gasteiger partial charge >= 0.3 is 0 Å². The van der Waals surface area contributed by atoms with Crippen molar-refractivity contribution < 1.29 is 0 Å². The van der Waals surface area contributed by atoms with Gasteiger partial charge in [-0.25, -0.2) is 4.98 Å². The van der Waals surface area contributed by atoms with Gasteiger partial charge in [0, 0.05) is 35.4 Å². The summed E-state index contributed by atoms with van der Waals surface area (Å²) in [7, 11) is 0. The first kappa shape index (κ1) is 11.9. The van der Waals surface area contributed by atoms with Gasteiger partial charge in [0.2, 0.25) is 0 Å². The molecule has 0 saturated heterocycles. The third-order valence-electron chi connectivity index (χ3n) is 2.61. The van der Waals surface area contributed by atoms with Crippen molar-refractivity contribution in [2.24, 2.45) is 0 Å². The predicted molar refractivity (Wildman–Crippen MR) is 74.6 cm³/mol. The molecule has 3 nitrogen and oxygen atoms in total. The molecule has 1 heterocycles. The molecule has 2 rings (SSSR count). The Hall–Kier alpha value is -1.55. The molecule has 0 fully saturated rings. The normalized spacial score (nSPS) is 10.5. The number of aromatic nitrogens is 1. The Labute approximate surface area is 106 Å². The van der Waals surface area contributed by atoms with Crippen molar-refractivity contribution in [3.63, 3.8) is 0 Å². The third kappa shape index (κ3) is 3.20. The van der Waals surface area contributed by atoms with Crippen LogP contribution in [0, 0.1) is 13.8 Å². The van der Waals surface area contributed by atoms with Gasteiger partial charge in [-0.1, -0.05) is 6.07 Å². The molecule has 0 saturated carbocycles. The number of nitrogens with two attached hydrogens (primary N) is 1. The van der Waals surface area contributed by atoms with E-state index in [0.717, 1.165) is 35.6 Å². The van der Waals surface area contributed by atoms with E-state index in [9.17, 15) is 0 Å². The van der Waals surface area contributed by atoms with Gasteiger partial charge in [0.05, 0.1) is 5.01 Å². The maximum atomic E-state index is 5.86. The fraction of sp³-hybridized carbons (Fsp3) is 0.308. The van der Waals surface area contributed by atoms with E-state index in [-0.39, 0.29) is 0 Å². The number of nitrogens with one attached hydrogen (secondary N) is 1. The number of anilines is 2. The van der Waals surface area contributed by atoms with Crippen LogP contribution in [0.2, 0.25) is 0 Å². The Bertz CT molecular complexity index is 505. The second-order valence-electron chi connectivity index (χ2n) is 4.13. The summed E-state index contributed by atoms with van der Waals surface area (Å²) >= 11 is 1.71. The van der Waals surface area contributed by atoms with Crippen LogP contribution in [0.3, 0.4) is 0 Å². The van der Waals surface area contributed by atoms with E-state index in [1.54, 1.807) is 11.3 Å². The summed E-state index contributed by atoms with van der Waals surface area (Å²) in [6, 6.07) is 6.06. The van der Waals surface area contributed by atoms with E-state index in [1.165, 1.54) is 5.01 Å². The largest absolute Gasteiger partial charge is 0.398 e. The molecule has 0 aliphatic carbocycles. The molecule has 0 radical (unpaired) electrons. The Morgan fingerprint density at radius 3 is 2.82 bits per heavy atom. The van der Waals surface area contributed by atoms with Crippen LogP contribution < -0.4 is 11.1 Å². The molecule has 3 N–H and O–H groups in total. The number of aryl methyl sites for hydroxylation is 2. The Morgan fingerprint density at radius 2 is 2.18 bits per heavy atom. The van der Waals surface area contributed by atoms with E-state index < -0.39 is 0 Å². The van der Waals surface area contributed by atoms with Crippen molar-refractivity contribution in [1.82, 2.24) is 4.98 Å². The molecule has 0 atom stereocenters. The summed E-state index contributed by atoms with van der Waals surface area (Å²) < 4.78 is 0. The summed E-state index contributed by atoms with van der Waals surface area (Å²) in [5.41, 5.74) is 9.98. The highest BCUT2D eigenvalue weighted by atomic mass is 32.1. The van der Waals surface area contributed by atoms with Crippen LogP contribution in [0.4, 0.5) is 11.4 Å². The van der Waals surface area contributed by atoms with Gasteiger partial charge < -0.3 is 11.1 Å². The number of hydrogen-bond acceptors (Lipinski definition) is 4. The number of thiazole rings is 1. The van der Waals surface area contributed by atoms with E-state index in [0.29, 0.717) is 0 Å². The van der Waals surface area contributed by atoms with Gasteiger partial charge in [0.1, 0.15) is 0 Å². The summed E-state index contributed by atoms with van der Waals surface area (Å²) in [5, 5.41) is 6.62. The molecule has 17 heavy (non-hydrogen) atoms. The summed E-state index contributed by atoms with van der Waals surface area (Å²) in [4.78, 5) is 4.43. The Kier molecular flexibility index (Phi) is 3.64. The van der Waals surface area contributed by atoms with Crippen LogP contribution in [0.25, 0.3) is 0 Å². The smallest absolute Gasteiger partial charge is 0.0945 e. The molecule has 0 bridgehead atoms. The molecular weight excluding hydrogens is 230 g/mol. The van der Waals surface area contributed by atoms with Crippen molar-refractivity contribution in [3.8, 4) is 0 Å². The molecule has 4 heteroatoms. The van der Waals surface area contributed by atoms with E-state index >= 15 is 0 Å². The number of hydrogen-bond donors (Lipinski definition) is 2. The summed E-state index contributed by atoms with van der Waals surface area (Å²) in [6.45, 7) is 4.92. The lowest BCUT2D eigenvalue weighted by Gasteiger charge is -2.07. The highest BCUT2D eigenvalue weighted by Gasteiger charge is 1.99. The van der Waals surface area contributed by atoms with Gasteiger partial charge in [-0.3, -0.25) is 0 Å². The van der Waals surface area contributed by atoms with Gasteiger partial charge in [0.25, 0.3) is 0 Å². The number of nitrogens with zero attached hydrogens (tertiary/aromatic N) is 1. The van der Waals surface area contributed by atoms with E-state index in [4.69, 9.17) is 5.73 Å². The van der Waals surface area contributed by atoms with E-state index in [1.807, 2.05) is 26.0 Å². The number of nitrogen functional groups attached to an aromatic ring is 1. The summed E-state index contributed by atoms with van der Waals surface area (Å²) in [6.07, 6.45) is 0.951. The third-order valence-corrected chi connectivity index (χ3v) is 3.64. The lowest BCUT2D eigenvalue weighted by Crippen LogP contribution is -2.05. The standard InChI is InChI=1S/C13H17N3S/c1-9-3-4-11(7-12(9)14)15-6-5-13-16-10(2)8-17-13/h3-4,7-8,15H,5-6,14H2,1-2H3. The lowest BCUT2D eigenvalue weighted by molar-refractivity contribution is 0.987. The first-order valence-corrected chi connectivity index (χ1v) is 6.54. The molecule has 0 spiro atoms. The van der Waals surface area contributed by atoms with Crippen molar-refractivity contribution in [1.29, 1.82) is 0 Å². The van der Waals surface area contributed by atoms with Crippen LogP contribution in [0.15, 0.2) is 23.6 Å². The van der Waals surface area contributed by atoms with Gasteiger partial charge in [0.15, 0.2) is 0 Å². The first-order valence-electron chi connectivity index (χ1n) is 5.66. The Morgan fingerprint density at radius 1 is 1.35 bits per heavy atom. The number of rotatable bonds is 4. The van der Waals surface area contributed by atoms with Crippen molar-refractivity contribution >= 4 is 22.7 Å². The van der Waals surface area contributed by atoms with Crippen molar-refractivity contribution in [2.45, 2.75) is 20.3 Å². The summed E-state index contributed by atoms with van der Waals surface area (Å²) in [5.74, 6) is 0. The zero-order valence-electron chi connectivity index (χ0n) is 10.2. The minimum atomic E-state index is 0.833. The van der Waals surface area contributed by atoms with Crippen LogP contribution in [-0.2, 0) is 6.42 Å². The van der Waals surface area contributed by atoms with Crippen LogP contribution in [0.1, 0.15) is 16.3 Å². The minimum Gasteiger partial charge on any atom is -0.398 e. The molecule has 1 aromatic heterocycles. The highest BCUT2D eigenvalue weighted by molar-refractivity contribution is 7.09. The molecule has 0 aliphatic rings. The number of benzene rings is 1. The molecule has 90 valence electrons. The molecule has 0 aliphatic heterocycles. The van der Waals surface area contributed by atoms with Crippen LogP contribution in [0.5, 0.6) is 0 Å². The molecule has 1 aromatic carbocycles. The van der Waals surface area contributed by atoms with E-state index in [2.05, 4.69) is 21.7 Å². The first-order chi connectivity index (χ1) is 8.15. The molecule has 0 unspecified atom stereocenters. The van der Waals surface area contributed by atoms with Crippen molar-refractivity contribution in [2.75, 3.05) is 17.6 Å². The molecule has 2 aromatic rings. The SMILES string of the molecule is Cc1csc(CCNc2ccc(C)c(N)c2)n1. The van der Waals surface area contributed by atoms with Gasteiger partial charge in [-0.2, -0.15) is 0 Å². The fourth-order valence-electron chi connectivity index (χ4n) is 1.58. The zero-order valence-corrected chi connectivity index (χ0v) is 11.0. The second kappa shape index (κ2) is 5.19. The van der Waals surface area contributed by atoms with Gasteiger partial charge in [-0.05, 0) is 31.5 Å². The average Bonchev–Trinajstić information content (AvgIpc) is 2.70. The minimum absolute atomic E-state index is 0.833. The average molecular weight is 247 g/mol. The lowest BCUT2D eigenvalue weighted by atomic mass is 10.2. The van der Waals surface area contributed by atoms with Crippen LogP contribution in [-0.4, -0.2) is 11.5 Å². The second-order valence-corrected chi connectivity index (χ2v) is 5.07. The topological polar surface area (TPSA) is 50.9 Å². The fourth-order valence-corrected chi connectivity index (χ4v) is 2.36. The quantitative estimate of drug-likeness (QED) is 0.817. The highest BCUT2D eigenvalue weighted by Crippen LogP contribution is 2.17. The predicted octanol–water partition coefficient (Wildman–Crippen LogP) is 3.00. The zero-order chi connectivity index (χ0) is 12.3. The Balaban J connectivity index is 1.87. The molecule has 0 amide bonds. The van der Waals surface area contributed by atoms with Gasteiger partial charge in [-0.15, -0.1) is 11.3 Å². The maximum Gasteiger partial charge on any atom is 0.0945 e. The van der Waals surface area contributed by atoms with Crippen LogP contribution >= 0.6 is 11.3 Å².